The molecule has 1 aromatic heterocycles. The van der Waals surface area contributed by atoms with Gasteiger partial charge in [0.15, 0.2) is 0 Å². The van der Waals surface area contributed by atoms with Crippen molar-refractivity contribution in [2.45, 2.75) is 104 Å². The van der Waals surface area contributed by atoms with Crippen LogP contribution in [0.1, 0.15) is 96.1 Å². The minimum atomic E-state index is -0.626. The van der Waals surface area contributed by atoms with Crippen LogP contribution in [-0.4, -0.2) is 45.2 Å². The highest BCUT2D eigenvalue weighted by molar-refractivity contribution is 5.89. The molecule has 1 unspecified atom stereocenters. The average Bonchev–Trinajstić information content (AvgIpc) is 3.01. The van der Waals surface area contributed by atoms with Gasteiger partial charge in [0.05, 0.1) is 17.6 Å². The minimum Gasteiger partial charge on any atom is -0.461 e. The van der Waals surface area contributed by atoms with Gasteiger partial charge in [-0.15, -0.1) is 0 Å². The van der Waals surface area contributed by atoms with E-state index in [1.165, 1.54) is 32.1 Å². The van der Waals surface area contributed by atoms with E-state index in [4.69, 9.17) is 4.74 Å². The van der Waals surface area contributed by atoms with Crippen molar-refractivity contribution in [3.63, 3.8) is 0 Å². The number of carbonyl (C=O) groups excluding carboxylic acids is 1. The summed E-state index contributed by atoms with van der Waals surface area (Å²) in [4.78, 5) is 33.4. The van der Waals surface area contributed by atoms with Crippen LogP contribution in [0.4, 0.5) is 0 Å². The maximum Gasteiger partial charge on any atom is 0.362 e. The van der Waals surface area contributed by atoms with E-state index in [1.807, 2.05) is 28.8 Å². The van der Waals surface area contributed by atoms with E-state index in [9.17, 15) is 9.59 Å². The monoisotopic (exact) mass is 465 g/mol. The summed E-state index contributed by atoms with van der Waals surface area (Å²) in [5.74, 6) is -0.626. The third kappa shape index (κ3) is 4.19. The van der Waals surface area contributed by atoms with Crippen molar-refractivity contribution in [1.29, 1.82) is 0 Å². The molecule has 6 heteroatoms. The Morgan fingerprint density at radius 1 is 1.00 bits per heavy atom. The fourth-order valence-electron chi connectivity index (χ4n) is 7.84. The Hall–Kier alpha value is -2.21. The molecule has 0 N–H and O–H groups in total. The number of para-hydroxylation sites is 2. The highest BCUT2D eigenvalue weighted by Crippen LogP contribution is 2.51. The molecular weight excluding hydrogens is 426 g/mol. The van der Waals surface area contributed by atoms with Crippen molar-refractivity contribution in [1.82, 2.24) is 14.5 Å². The molecule has 3 atom stereocenters. The van der Waals surface area contributed by atoms with Crippen LogP contribution in [-0.2, 0) is 4.74 Å². The van der Waals surface area contributed by atoms with Gasteiger partial charge in [0.2, 0.25) is 5.69 Å². The van der Waals surface area contributed by atoms with Crippen molar-refractivity contribution in [3.8, 4) is 0 Å². The molecule has 3 aliphatic rings. The third-order valence-electron chi connectivity index (χ3n) is 8.35. The molecule has 3 heterocycles. The number of ether oxygens (including phenoxy) is 1. The van der Waals surface area contributed by atoms with Crippen molar-refractivity contribution < 1.29 is 9.53 Å². The fourth-order valence-corrected chi connectivity index (χ4v) is 7.84. The Morgan fingerprint density at radius 3 is 2.24 bits per heavy atom. The molecule has 5 rings (SSSR count). The van der Waals surface area contributed by atoms with Crippen LogP contribution in [0.2, 0.25) is 0 Å². The van der Waals surface area contributed by atoms with Gasteiger partial charge in [-0.05, 0) is 74.8 Å². The van der Waals surface area contributed by atoms with Crippen molar-refractivity contribution in [3.05, 3.63) is 40.3 Å². The number of carbonyl (C=O) groups is 1. The number of hydrogen-bond acceptors (Lipinski definition) is 5. The maximum atomic E-state index is 13.6. The van der Waals surface area contributed by atoms with Crippen molar-refractivity contribution in [2.75, 3.05) is 6.61 Å². The van der Waals surface area contributed by atoms with Crippen LogP contribution in [0.15, 0.2) is 29.1 Å². The average molecular weight is 466 g/mol. The summed E-state index contributed by atoms with van der Waals surface area (Å²) in [7, 11) is 0. The summed E-state index contributed by atoms with van der Waals surface area (Å²) in [6.45, 7) is 11.7. The number of nitrogens with zero attached hydrogens (tertiary/aromatic N) is 3. The molecule has 1 aromatic carbocycles. The Labute approximate surface area is 202 Å². The molecule has 6 nitrogen and oxygen atoms in total. The Kier molecular flexibility index (Phi) is 5.86. The largest absolute Gasteiger partial charge is 0.461 e. The zero-order chi connectivity index (χ0) is 24.3. The lowest BCUT2D eigenvalue weighted by atomic mass is 9.63. The maximum absolute atomic E-state index is 13.6. The van der Waals surface area contributed by atoms with Gasteiger partial charge in [0, 0.05) is 24.2 Å². The van der Waals surface area contributed by atoms with Crippen LogP contribution in [0.25, 0.3) is 11.0 Å². The number of esters is 1. The van der Waals surface area contributed by atoms with E-state index >= 15 is 0 Å². The summed E-state index contributed by atoms with van der Waals surface area (Å²) >= 11 is 0. The molecule has 184 valence electrons. The molecule has 1 aliphatic carbocycles. The van der Waals surface area contributed by atoms with Crippen LogP contribution in [0.3, 0.4) is 0 Å². The van der Waals surface area contributed by atoms with E-state index in [2.05, 4.69) is 37.6 Å². The molecule has 3 fully saturated rings. The number of aromatic nitrogens is 2. The van der Waals surface area contributed by atoms with E-state index < -0.39 is 5.97 Å². The molecule has 2 saturated heterocycles. The van der Waals surface area contributed by atoms with E-state index in [1.54, 1.807) is 6.92 Å². The minimum absolute atomic E-state index is 0.0759. The highest BCUT2D eigenvalue weighted by Gasteiger charge is 2.49. The summed E-state index contributed by atoms with van der Waals surface area (Å²) in [6.07, 6.45) is 8.06. The van der Waals surface area contributed by atoms with Gasteiger partial charge < -0.3 is 9.30 Å². The Bertz CT molecular complexity index is 1120. The van der Waals surface area contributed by atoms with Gasteiger partial charge in [-0.3, -0.25) is 9.69 Å². The molecule has 0 amide bonds. The predicted octanol–water partition coefficient (Wildman–Crippen LogP) is 5.35. The van der Waals surface area contributed by atoms with Crippen LogP contribution in [0, 0.1) is 10.8 Å². The van der Waals surface area contributed by atoms with Gasteiger partial charge in [-0.25, -0.2) is 9.78 Å². The Morgan fingerprint density at radius 2 is 1.62 bits per heavy atom. The highest BCUT2D eigenvalue weighted by atomic mass is 16.5. The molecule has 2 aliphatic heterocycles. The lowest BCUT2D eigenvalue weighted by Crippen LogP contribution is -2.54. The van der Waals surface area contributed by atoms with Crippen molar-refractivity contribution in [2.24, 2.45) is 10.8 Å². The number of fused-ring (bicyclic) bond motifs is 3. The zero-order valence-corrected chi connectivity index (χ0v) is 21.3. The molecule has 0 radical (unpaired) electrons. The van der Waals surface area contributed by atoms with E-state index in [0.29, 0.717) is 34.5 Å². The first-order valence-corrected chi connectivity index (χ1v) is 13.0. The molecular formula is C28H39N3O3. The summed E-state index contributed by atoms with van der Waals surface area (Å²) in [6, 6.07) is 9.35. The second kappa shape index (κ2) is 8.47. The summed E-state index contributed by atoms with van der Waals surface area (Å²) in [5.41, 5.74) is 1.81. The molecule has 2 aromatic rings. The van der Waals surface area contributed by atoms with Gasteiger partial charge in [0.25, 0.3) is 5.56 Å². The fraction of sp³-hybridized carbons (Fsp3) is 0.679. The molecule has 2 bridgehead atoms. The quantitative estimate of drug-likeness (QED) is 0.570. The second-order valence-corrected chi connectivity index (χ2v) is 12.4. The van der Waals surface area contributed by atoms with E-state index in [-0.39, 0.29) is 23.9 Å². The van der Waals surface area contributed by atoms with Crippen molar-refractivity contribution >= 4 is 17.0 Å². The van der Waals surface area contributed by atoms with Gasteiger partial charge in [-0.1, -0.05) is 39.8 Å². The summed E-state index contributed by atoms with van der Waals surface area (Å²) in [5, 5.41) is 0. The topological polar surface area (TPSA) is 64.4 Å². The van der Waals surface area contributed by atoms with Gasteiger partial charge >= 0.3 is 5.97 Å². The second-order valence-electron chi connectivity index (χ2n) is 12.4. The zero-order valence-electron chi connectivity index (χ0n) is 21.3. The van der Waals surface area contributed by atoms with Gasteiger partial charge in [0.1, 0.15) is 0 Å². The molecule has 34 heavy (non-hydrogen) atoms. The standard InChI is InChI=1S/C28H39N3O3/c1-6-34-26(33)24-25(32)31(23-10-8-7-9-22(23)29-24)20-13-18-11-12-19(14-20)30(18)21-15-27(2,3)17-28(4,5)16-21/h7-10,18-21H,6,11-17H2,1-5H3/t18-,19?,20+/m0/s1. The third-order valence-corrected chi connectivity index (χ3v) is 8.35. The predicted molar refractivity (Wildman–Crippen MR) is 134 cm³/mol. The lowest BCUT2D eigenvalue weighted by Gasteiger charge is -2.52. The first kappa shape index (κ1) is 23.5. The van der Waals surface area contributed by atoms with E-state index in [0.717, 1.165) is 18.4 Å². The summed E-state index contributed by atoms with van der Waals surface area (Å²) < 4.78 is 7.03. The lowest BCUT2D eigenvalue weighted by molar-refractivity contribution is -0.0212. The first-order valence-electron chi connectivity index (χ1n) is 13.0. The normalized spacial score (nSPS) is 28.8. The SMILES string of the molecule is CCOC(=O)c1nc2ccccc2n([C@H]2CC3CC[C@@H](C2)N3C2CC(C)(C)CC(C)(C)C2)c1=O. The molecule has 0 spiro atoms. The number of hydrogen-bond donors (Lipinski definition) is 0. The van der Waals surface area contributed by atoms with Crippen LogP contribution in [0.5, 0.6) is 0 Å². The van der Waals surface area contributed by atoms with Crippen LogP contribution >= 0.6 is 0 Å². The number of benzene rings is 1. The Balaban J connectivity index is 1.49. The number of piperidine rings is 1. The van der Waals surface area contributed by atoms with Gasteiger partial charge in [-0.2, -0.15) is 0 Å². The number of rotatable bonds is 4. The molecule has 1 saturated carbocycles. The van der Waals surface area contributed by atoms with Crippen LogP contribution < -0.4 is 5.56 Å². The smallest absolute Gasteiger partial charge is 0.362 e. The first-order chi connectivity index (χ1) is 16.1.